The van der Waals surface area contributed by atoms with Crippen LogP contribution in [0.25, 0.3) is 0 Å². The van der Waals surface area contributed by atoms with E-state index in [4.69, 9.17) is 0 Å². The van der Waals surface area contributed by atoms with E-state index in [1.54, 1.807) is 14.1 Å². The normalized spacial score (nSPS) is 52.0. The van der Waals surface area contributed by atoms with Gasteiger partial charge in [-0.1, -0.05) is 51.4 Å². The van der Waals surface area contributed by atoms with Crippen LogP contribution in [0, 0.1) is 47.3 Å². The summed E-state index contributed by atoms with van der Waals surface area (Å²) in [6.45, 7) is 0. The molecule has 4 saturated carbocycles. The fourth-order valence-corrected chi connectivity index (χ4v) is 12.0. The summed E-state index contributed by atoms with van der Waals surface area (Å²) in [6, 6.07) is 0. The Balaban J connectivity index is 0.000000560. The van der Waals surface area contributed by atoms with Gasteiger partial charge in [0.25, 0.3) is 0 Å². The molecule has 10 nitrogen and oxygen atoms in total. The molecular formula is C35H63N9O. The van der Waals surface area contributed by atoms with Crippen LogP contribution in [0.1, 0.15) is 103 Å². The maximum absolute atomic E-state index is 9.43. The molecule has 45 heavy (non-hydrogen) atoms. The summed E-state index contributed by atoms with van der Waals surface area (Å²) in [5, 5.41) is 33.8. The molecule has 0 radical (unpaired) electrons. The molecule has 9 fully saturated rings. The van der Waals surface area contributed by atoms with Gasteiger partial charge in [0.15, 0.2) is 0 Å². The number of fused-ring (bicyclic) bond motifs is 20. The molecule has 5 saturated heterocycles. The molecule has 8 unspecified atom stereocenters. The minimum atomic E-state index is 0.420. The summed E-state index contributed by atoms with van der Waals surface area (Å²) in [5.41, 5.74) is 0. The lowest BCUT2D eigenvalue weighted by Crippen LogP contribution is -2.61. The number of nitrogens with zero attached hydrogens (tertiary/aromatic N) is 1. The summed E-state index contributed by atoms with van der Waals surface area (Å²) in [4.78, 5) is 10.9. The van der Waals surface area contributed by atoms with Crippen molar-refractivity contribution in [2.75, 3.05) is 14.1 Å². The first-order valence-electron chi connectivity index (χ1n) is 19.3. The van der Waals surface area contributed by atoms with Crippen molar-refractivity contribution < 1.29 is 4.79 Å². The highest BCUT2D eigenvalue weighted by atomic mass is 16.1. The Bertz CT molecular complexity index is 808. The van der Waals surface area contributed by atoms with E-state index >= 15 is 0 Å². The van der Waals surface area contributed by atoms with Gasteiger partial charge in [0.1, 0.15) is 0 Å². The molecule has 0 spiro atoms. The highest BCUT2D eigenvalue weighted by molar-refractivity contribution is 5.45. The van der Waals surface area contributed by atoms with Gasteiger partial charge < -0.3 is 4.90 Å². The van der Waals surface area contributed by atoms with Gasteiger partial charge >= 0.3 is 0 Å². The molecule has 10 heteroatoms. The standard InChI is InChI=1S/C32H56N8.C3H7NO/c1-2-10-18-17(9-1)25-33-26(18)38-28-21-13-5-6-14-22(21)30(35-28)40-32-24-16-8-7-15-23(24)31(36-32)39-29-20-12-4-3-11-19(20)27(34-29)37-25;1-4(2)3-5/h17-40H,1-16H2;3H,1-2H3. The third-order valence-electron chi connectivity index (χ3n) is 14.0. The highest BCUT2D eigenvalue weighted by Crippen LogP contribution is 2.45. The Kier molecular flexibility index (Phi) is 9.48. The van der Waals surface area contributed by atoms with Crippen LogP contribution < -0.4 is 42.5 Å². The quantitative estimate of drug-likeness (QED) is 0.208. The third-order valence-corrected chi connectivity index (χ3v) is 14.0. The molecular weight excluding hydrogens is 562 g/mol. The SMILES string of the molecule is C1CCC2C3NC(NC4NC(NC5NC(NC6NC(N3)C3CCCCC63)C3CCCCC53)C3CCCCC43)C2C1.CN(C)C=O. The van der Waals surface area contributed by atoms with Gasteiger partial charge in [-0.3, -0.25) is 47.3 Å². The average Bonchev–Trinajstić information content (AvgIpc) is 3.81. The number of hydrogen-bond donors (Lipinski definition) is 8. The number of rotatable bonds is 1. The first-order valence-corrected chi connectivity index (χ1v) is 19.3. The summed E-state index contributed by atoms with van der Waals surface area (Å²) in [5.74, 6) is 5.97. The Labute approximate surface area is 271 Å². The second kappa shape index (κ2) is 13.6. The number of nitrogens with one attached hydrogen (secondary N) is 8. The molecule has 8 N–H and O–H groups in total. The number of hydrogen-bond acceptors (Lipinski definition) is 9. The Morgan fingerprint density at radius 1 is 0.356 bits per heavy atom. The zero-order chi connectivity index (χ0) is 30.5. The molecule has 5 heterocycles. The van der Waals surface area contributed by atoms with Gasteiger partial charge in [-0.2, -0.15) is 0 Å². The van der Waals surface area contributed by atoms with E-state index in [2.05, 4.69) is 42.5 Å². The molecule has 8 bridgehead atoms. The van der Waals surface area contributed by atoms with Crippen LogP contribution in [0.2, 0.25) is 0 Å². The van der Waals surface area contributed by atoms with Gasteiger partial charge in [0.2, 0.25) is 6.41 Å². The maximum atomic E-state index is 9.43. The van der Waals surface area contributed by atoms with Crippen molar-refractivity contribution in [3.05, 3.63) is 0 Å². The van der Waals surface area contributed by atoms with Gasteiger partial charge in [-0.05, 0) is 98.7 Å². The highest BCUT2D eigenvalue weighted by Gasteiger charge is 2.54. The first-order chi connectivity index (χ1) is 22.1. The largest absolute Gasteiger partial charge is 0.351 e. The van der Waals surface area contributed by atoms with Crippen LogP contribution in [0.4, 0.5) is 0 Å². The third kappa shape index (κ3) is 6.13. The van der Waals surface area contributed by atoms with E-state index in [-0.39, 0.29) is 0 Å². The monoisotopic (exact) mass is 626 g/mol. The molecule has 0 aromatic heterocycles. The van der Waals surface area contributed by atoms with Gasteiger partial charge in [-0.25, -0.2) is 0 Å². The summed E-state index contributed by atoms with van der Waals surface area (Å²) >= 11 is 0. The van der Waals surface area contributed by atoms with Crippen molar-refractivity contribution in [3.8, 4) is 0 Å². The van der Waals surface area contributed by atoms with Crippen molar-refractivity contribution >= 4 is 6.41 Å². The molecule has 9 aliphatic rings. The van der Waals surface area contributed by atoms with Crippen molar-refractivity contribution in [2.45, 2.75) is 152 Å². The predicted molar refractivity (Wildman–Crippen MR) is 177 cm³/mol. The van der Waals surface area contributed by atoms with E-state index in [0.717, 1.165) is 53.8 Å². The maximum Gasteiger partial charge on any atom is 0.209 e. The molecule has 254 valence electrons. The Morgan fingerprint density at radius 3 is 0.600 bits per heavy atom. The molecule has 0 aromatic carbocycles. The average molecular weight is 626 g/mol. The van der Waals surface area contributed by atoms with E-state index in [9.17, 15) is 4.79 Å². The number of amides is 1. The van der Waals surface area contributed by atoms with Crippen molar-refractivity contribution in [3.63, 3.8) is 0 Å². The smallest absolute Gasteiger partial charge is 0.209 e. The molecule has 8 atom stereocenters. The summed E-state index contributed by atoms with van der Waals surface area (Å²) in [7, 11) is 3.38. The lowest BCUT2D eigenvalue weighted by atomic mass is 9.76. The van der Waals surface area contributed by atoms with Crippen LogP contribution in [-0.4, -0.2) is 74.7 Å². The number of carbonyl (C=O) groups is 1. The van der Waals surface area contributed by atoms with Gasteiger partial charge in [0.05, 0.1) is 49.3 Å². The minimum absolute atomic E-state index is 0.420. The predicted octanol–water partition coefficient (Wildman–Crippen LogP) is 2.31. The van der Waals surface area contributed by atoms with Crippen LogP contribution in [0.15, 0.2) is 0 Å². The van der Waals surface area contributed by atoms with Crippen LogP contribution in [0.3, 0.4) is 0 Å². The van der Waals surface area contributed by atoms with Crippen LogP contribution in [-0.2, 0) is 4.79 Å². The fraction of sp³-hybridized carbons (Fsp3) is 0.971. The number of carbonyl (C=O) groups excluding carboxylic acids is 1. The van der Waals surface area contributed by atoms with E-state index in [1.807, 2.05) is 0 Å². The molecule has 4 aliphatic carbocycles. The van der Waals surface area contributed by atoms with Crippen molar-refractivity contribution in [1.29, 1.82) is 0 Å². The van der Waals surface area contributed by atoms with Crippen molar-refractivity contribution in [1.82, 2.24) is 47.4 Å². The first kappa shape index (κ1) is 31.4. The Hall–Kier alpha value is -0.850. The van der Waals surface area contributed by atoms with E-state index in [1.165, 1.54) is 108 Å². The second-order valence-electron chi connectivity index (χ2n) is 16.7. The topological polar surface area (TPSA) is 117 Å². The molecule has 9 rings (SSSR count). The van der Waals surface area contributed by atoms with Gasteiger partial charge in [-0.15, -0.1) is 0 Å². The second-order valence-corrected chi connectivity index (χ2v) is 16.7. The van der Waals surface area contributed by atoms with E-state index < -0.39 is 0 Å². The summed E-state index contributed by atoms with van der Waals surface area (Å²) in [6.07, 6.45) is 26.3. The van der Waals surface area contributed by atoms with E-state index in [0.29, 0.717) is 49.3 Å². The summed E-state index contributed by atoms with van der Waals surface area (Å²) < 4.78 is 0. The zero-order valence-electron chi connectivity index (χ0n) is 28.0. The minimum Gasteiger partial charge on any atom is -0.351 e. The van der Waals surface area contributed by atoms with Crippen LogP contribution >= 0.6 is 0 Å². The lowest BCUT2D eigenvalue weighted by Gasteiger charge is -2.35. The van der Waals surface area contributed by atoms with Crippen molar-refractivity contribution in [2.24, 2.45) is 47.3 Å². The molecule has 0 aromatic rings. The lowest BCUT2D eigenvalue weighted by molar-refractivity contribution is -0.115. The van der Waals surface area contributed by atoms with Crippen LogP contribution in [0.5, 0.6) is 0 Å². The Morgan fingerprint density at radius 2 is 0.489 bits per heavy atom. The zero-order valence-corrected chi connectivity index (χ0v) is 28.0. The fourth-order valence-electron chi connectivity index (χ4n) is 12.0. The molecule has 1 amide bonds. The molecule has 5 aliphatic heterocycles. The van der Waals surface area contributed by atoms with Gasteiger partial charge in [0, 0.05) is 14.1 Å².